The Kier molecular flexibility index (Phi) is 3.15. The van der Waals surface area contributed by atoms with Crippen LogP contribution in [0, 0.1) is 0 Å². The molecule has 0 radical (unpaired) electrons. The third kappa shape index (κ3) is 2.19. The van der Waals surface area contributed by atoms with E-state index < -0.39 is 0 Å². The summed E-state index contributed by atoms with van der Waals surface area (Å²) < 4.78 is 0. The molecule has 1 fully saturated rings. The van der Waals surface area contributed by atoms with Crippen molar-refractivity contribution in [2.75, 3.05) is 5.73 Å². The van der Waals surface area contributed by atoms with E-state index in [1.807, 2.05) is 12.1 Å². The number of anilines is 1. The molecule has 98 valence electrons. The van der Waals surface area contributed by atoms with E-state index in [-0.39, 0.29) is 11.4 Å². The lowest BCUT2D eigenvalue weighted by molar-refractivity contribution is 0.518. The lowest BCUT2D eigenvalue weighted by Crippen LogP contribution is -2.25. The fraction of sp³-hybridized carbons (Fsp3) is 0.333. The van der Waals surface area contributed by atoms with E-state index in [0.29, 0.717) is 5.15 Å². The zero-order chi connectivity index (χ0) is 13.3. The van der Waals surface area contributed by atoms with E-state index in [1.165, 1.54) is 18.4 Å². The van der Waals surface area contributed by atoms with Crippen LogP contribution in [-0.2, 0) is 5.41 Å². The molecule has 0 amide bonds. The molecule has 4 heteroatoms. The monoisotopic (exact) mass is 273 g/mol. The van der Waals surface area contributed by atoms with Crippen molar-refractivity contribution in [3.05, 3.63) is 52.8 Å². The standard InChI is InChI=1S/C15H16ClN3/c16-13-10-12(18-14(17)19-13)15(8-4-5-9-15)11-6-2-1-3-7-11/h1-3,6-7,10H,4-5,8-9H2,(H2,17,18,19). The zero-order valence-electron chi connectivity index (χ0n) is 10.6. The molecule has 0 unspecified atom stereocenters. The third-order valence-corrected chi connectivity index (χ3v) is 4.18. The highest BCUT2D eigenvalue weighted by atomic mass is 35.5. The number of nitrogen functional groups attached to an aromatic ring is 1. The molecule has 1 heterocycles. The van der Waals surface area contributed by atoms with Crippen LogP contribution in [-0.4, -0.2) is 9.97 Å². The maximum absolute atomic E-state index is 6.05. The number of aromatic nitrogens is 2. The first-order valence-electron chi connectivity index (χ1n) is 6.57. The number of hydrogen-bond donors (Lipinski definition) is 1. The van der Waals surface area contributed by atoms with Gasteiger partial charge in [-0.3, -0.25) is 0 Å². The predicted octanol–water partition coefficient (Wildman–Crippen LogP) is 3.57. The summed E-state index contributed by atoms with van der Waals surface area (Å²) in [4.78, 5) is 8.41. The van der Waals surface area contributed by atoms with Crippen molar-refractivity contribution in [2.24, 2.45) is 0 Å². The van der Waals surface area contributed by atoms with Gasteiger partial charge in [0.2, 0.25) is 5.95 Å². The minimum absolute atomic E-state index is 0.0536. The van der Waals surface area contributed by atoms with E-state index in [4.69, 9.17) is 17.3 Å². The fourth-order valence-electron chi connectivity index (χ4n) is 3.11. The second-order valence-electron chi connectivity index (χ2n) is 5.09. The largest absolute Gasteiger partial charge is 0.368 e. The van der Waals surface area contributed by atoms with Crippen molar-refractivity contribution in [3.63, 3.8) is 0 Å². The second kappa shape index (κ2) is 4.82. The highest BCUT2D eigenvalue weighted by Gasteiger charge is 2.39. The number of rotatable bonds is 2. The highest BCUT2D eigenvalue weighted by Crippen LogP contribution is 2.45. The summed E-state index contributed by atoms with van der Waals surface area (Å²) in [6.45, 7) is 0. The molecule has 3 rings (SSSR count). The molecule has 1 saturated carbocycles. The molecule has 0 atom stereocenters. The Morgan fingerprint density at radius 2 is 1.74 bits per heavy atom. The molecule has 0 aliphatic heterocycles. The predicted molar refractivity (Wildman–Crippen MR) is 77.1 cm³/mol. The molecular formula is C15H16ClN3. The Morgan fingerprint density at radius 1 is 1.05 bits per heavy atom. The van der Waals surface area contributed by atoms with Crippen LogP contribution in [0.15, 0.2) is 36.4 Å². The molecule has 0 spiro atoms. The van der Waals surface area contributed by atoms with Crippen molar-refractivity contribution < 1.29 is 0 Å². The van der Waals surface area contributed by atoms with Crippen LogP contribution in [0.2, 0.25) is 5.15 Å². The van der Waals surface area contributed by atoms with Gasteiger partial charge < -0.3 is 5.73 Å². The summed E-state index contributed by atoms with van der Waals surface area (Å²) in [5, 5.41) is 0.421. The van der Waals surface area contributed by atoms with Crippen LogP contribution in [0.25, 0.3) is 0 Å². The fourth-order valence-corrected chi connectivity index (χ4v) is 3.30. The third-order valence-electron chi connectivity index (χ3n) is 3.99. The van der Waals surface area contributed by atoms with Crippen LogP contribution >= 0.6 is 11.6 Å². The Balaban J connectivity index is 2.16. The van der Waals surface area contributed by atoms with Gasteiger partial charge in [0.1, 0.15) is 5.15 Å². The summed E-state index contributed by atoms with van der Waals surface area (Å²) in [5.41, 5.74) is 7.95. The minimum atomic E-state index is -0.0536. The second-order valence-corrected chi connectivity index (χ2v) is 5.48. The average Bonchev–Trinajstić information content (AvgIpc) is 2.89. The Morgan fingerprint density at radius 3 is 2.37 bits per heavy atom. The number of hydrogen-bond acceptors (Lipinski definition) is 3. The van der Waals surface area contributed by atoms with Gasteiger partial charge in [0.25, 0.3) is 0 Å². The zero-order valence-corrected chi connectivity index (χ0v) is 11.4. The lowest BCUT2D eigenvalue weighted by Gasteiger charge is -2.29. The maximum Gasteiger partial charge on any atom is 0.221 e. The van der Waals surface area contributed by atoms with Crippen LogP contribution in [0.5, 0.6) is 0 Å². The van der Waals surface area contributed by atoms with Gasteiger partial charge in [-0.1, -0.05) is 54.8 Å². The van der Waals surface area contributed by atoms with Gasteiger partial charge in [0, 0.05) is 5.41 Å². The first kappa shape index (κ1) is 12.4. The van der Waals surface area contributed by atoms with Gasteiger partial charge in [0.05, 0.1) is 5.69 Å². The normalized spacial score (nSPS) is 17.5. The summed E-state index contributed by atoms with van der Waals surface area (Å²) in [5.74, 6) is 0.254. The van der Waals surface area contributed by atoms with Crippen LogP contribution in [0.4, 0.5) is 5.95 Å². The van der Waals surface area contributed by atoms with E-state index in [9.17, 15) is 0 Å². The Hall–Kier alpha value is -1.61. The molecule has 1 aromatic heterocycles. The molecule has 0 saturated heterocycles. The van der Waals surface area contributed by atoms with E-state index >= 15 is 0 Å². The molecule has 1 aliphatic carbocycles. The number of halogens is 1. The Bertz CT molecular complexity index is 557. The number of nitrogens with zero attached hydrogens (tertiary/aromatic N) is 2. The summed E-state index contributed by atoms with van der Waals surface area (Å²) >= 11 is 6.05. The number of benzene rings is 1. The Labute approximate surface area is 117 Å². The summed E-state index contributed by atoms with van der Waals surface area (Å²) in [7, 11) is 0. The van der Waals surface area contributed by atoms with Crippen molar-refractivity contribution in [2.45, 2.75) is 31.1 Å². The maximum atomic E-state index is 6.05. The SMILES string of the molecule is Nc1nc(Cl)cc(C2(c3ccccc3)CCCC2)n1. The molecule has 0 bridgehead atoms. The first-order chi connectivity index (χ1) is 9.21. The van der Waals surface area contributed by atoms with Crippen LogP contribution < -0.4 is 5.73 Å². The molecule has 2 N–H and O–H groups in total. The quantitative estimate of drug-likeness (QED) is 0.851. The van der Waals surface area contributed by atoms with Crippen LogP contribution in [0.1, 0.15) is 36.9 Å². The van der Waals surface area contributed by atoms with E-state index in [1.54, 1.807) is 0 Å². The molecular weight excluding hydrogens is 258 g/mol. The highest BCUT2D eigenvalue weighted by molar-refractivity contribution is 6.29. The van der Waals surface area contributed by atoms with Crippen LogP contribution in [0.3, 0.4) is 0 Å². The smallest absolute Gasteiger partial charge is 0.221 e. The van der Waals surface area contributed by atoms with E-state index in [0.717, 1.165) is 18.5 Å². The first-order valence-corrected chi connectivity index (χ1v) is 6.95. The molecule has 1 aromatic carbocycles. The molecule has 1 aliphatic rings. The number of nitrogens with two attached hydrogens (primary N) is 1. The van der Waals surface area contributed by atoms with Crippen molar-refractivity contribution in [1.82, 2.24) is 9.97 Å². The van der Waals surface area contributed by atoms with Crippen molar-refractivity contribution in [3.8, 4) is 0 Å². The van der Waals surface area contributed by atoms with Gasteiger partial charge in [-0.2, -0.15) is 0 Å². The summed E-state index contributed by atoms with van der Waals surface area (Å²) in [6, 6.07) is 12.4. The van der Waals surface area contributed by atoms with Gasteiger partial charge >= 0.3 is 0 Å². The van der Waals surface area contributed by atoms with Crippen molar-refractivity contribution in [1.29, 1.82) is 0 Å². The minimum Gasteiger partial charge on any atom is -0.368 e. The lowest BCUT2D eigenvalue weighted by atomic mass is 9.76. The van der Waals surface area contributed by atoms with Gasteiger partial charge in [-0.15, -0.1) is 0 Å². The molecule has 3 nitrogen and oxygen atoms in total. The van der Waals surface area contributed by atoms with Gasteiger partial charge in [0.15, 0.2) is 0 Å². The molecule has 19 heavy (non-hydrogen) atoms. The topological polar surface area (TPSA) is 51.8 Å². The van der Waals surface area contributed by atoms with E-state index in [2.05, 4.69) is 34.2 Å². The van der Waals surface area contributed by atoms with Gasteiger partial charge in [-0.05, 0) is 24.5 Å². The van der Waals surface area contributed by atoms with Crippen molar-refractivity contribution >= 4 is 17.5 Å². The molecule has 2 aromatic rings. The average molecular weight is 274 g/mol. The van der Waals surface area contributed by atoms with Gasteiger partial charge in [-0.25, -0.2) is 9.97 Å². The summed E-state index contributed by atoms with van der Waals surface area (Å²) in [6.07, 6.45) is 4.58.